The number of hydrogen-bond acceptors (Lipinski definition) is 2. The van der Waals surface area contributed by atoms with Crippen LogP contribution in [0.1, 0.15) is 40.5 Å². The maximum absolute atomic E-state index is 9.35. The molecule has 2 heteroatoms. The first-order valence-corrected chi connectivity index (χ1v) is 5.80. The summed E-state index contributed by atoms with van der Waals surface area (Å²) in [5.74, 6) is 0.787. The van der Waals surface area contributed by atoms with Gasteiger partial charge in [0.1, 0.15) is 0 Å². The summed E-state index contributed by atoms with van der Waals surface area (Å²) in [6.07, 6.45) is 2.45. The number of β-amino-alcohol motifs (C(OH)–C–C–N with tert-alkyl or cyclic N) is 1. The molecule has 0 bridgehead atoms. The quantitative estimate of drug-likeness (QED) is 0.736. The molecular weight excluding hydrogens is 174 g/mol. The number of hydrogen-bond donors (Lipinski definition) is 1. The molecule has 0 aliphatic carbocycles. The second kappa shape index (κ2) is 4.63. The highest BCUT2D eigenvalue weighted by molar-refractivity contribution is 4.81. The van der Waals surface area contributed by atoms with Crippen LogP contribution in [0.15, 0.2) is 0 Å². The molecule has 1 aliphatic heterocycles. The zero-order valence-corrected chi connectivity index (χ0v) is 10.1. The van der Waals surface area contributed by atoms with Gasteiger partial charge in [-0.25, -0.2) is 0 Å². The largest absolute Gasteiger partial charge is 0.392 e. The van der Waals surface area contributed by atoms with Crippen LogP contribution in [0.25, 0.3) is 0 Å². The lowest BCUT2D eigenvalue weighted by molar-refractivity contribution is 0.0608. The van der Waals surface area contributed by atoms with E-state index in [2.05, 4.69) is 25.7 Å². The molecule has 1 aliphatic rings. The molecular formula is C12H25NO. The Kier molecular flexibility index (Phi) is 3.96. The predicted octanol–water partition coefficient (Wildman–Crippen LogP) is 2.13. The summed E-state index contributed by atoms with van der Waals surface area (Å²) in [4.78, 5) is 2.41. The van der Waals surface area contributed by atoms with Crippen LogP contribution in [0.4, 0.5) is 0 Å². The highest BCUT2D eigenvalue weighted by Gasteiger charge is 2.29. The topological polar surface area (TPSA) is 23.5 Å². The van der Waals surface area contributed by atoms with Crippen LogP contribution in [-0.2, 0) is 0 Å². The predicted molar refractivity (Wildman–Crippen MR) is 60.3 cm³/mol. The molecule has 0 radical (unpaired) electrons. The smallest absolute Gasteiger partial charge is 0.0639 e. The van der Waals surface area contributed by atoms with E-state index >= 15 is 0 Å². The summed E-state index contributed by atoms with van der Waals surface area (Å²) < 4.78 is 0. The van der Waals surface area contributed by atoms with Crippen molar-refractivity contribution in [1.82, 2.24) is 4.90 Å². The van der Waals surface area contributed by atoms with Crippen LogP contribution >= 0.6 is 0 Å². The summed E-state index contributed by atoms with van der Waals surface area (Å²) in [6.45, 7) is 12.0. The molecule has 1 N–H and O–H groups in total. The standard InChI is InChI=1S/C12H25NO/c1-10(14)8-13-7-5-6-11(9-13)12(2,3)4/h10-11,14H,5-9H2,1-4H3/t10?,11-/m1/s1. The number of piperidine rings is 1. The van der Waals surface area contributed by atoms with Crippen LogP contribution in [0.2, 0.25) is 0 Å². The molecule has 0 amide bonds. The molecule has 1 fully saturated rings. The fourth-order valence-electron chi connectivity index (χ4n) is 2.30. The summed E-state index contributed by atoms with van der Waals surface area (Å²) in [6, 6.07) is 0. The summed E-state index contributed by atoms with van der Waals surface area (Å²) in [5.41, 5.74) is 0.414. The van der Waals surface area contributed by atoms with Gasteiger partial charge in [0.15, 0.2) is 0 Å². The van der Waals surface area contributed by atoms with Gasteiger partial charge in [-0.3, -0.25) is 0 Å². The number of aliphatic hydroxyl groups is 1. The number of aliphatic hydroxyl groups excluding tert-OH is 1. The molecule has 0 spiro atoms. The van der Waals surface area contributed by atoms with Crippen LogP contribution in [0.3, 0.4) is 0 Å². The van der Waals surface area contributed by atoms with Crippen molar-refractivity contribution in [2.24, 2.45) is 11.3 Å². The molecule has 0 aromatic carbocycles. The first kappa shape index (κ1) is 12.0. The third-order valence-electron chi connectivity index (χ3n) is 3.25. The third-order valence-corrected chi connectivity index (χ3v) is 3.25. The van der Waals surface area contributed by atoms with Crippen LogP contribution in [-0.4, -0.2) is 35.7 Å². The molecule has 2 nitrogen and oxygen atoms in total. The first-order chi connectivity index (χ1) is 6.39. The minimum Gasteiger partial charge on any atom is -0.392 e. The Balaban J connectivity index is 2.44. The number of likely N-dealkylation sites (tertiary alicyclic amines) is 1. The van der Waals surface area contributed by atoms with Gasteiger partial charge < -0.3 is 10.0 Å². The Morgan fingerprint density at radius 2 is 2.07 bits per heavy atom. The van der Waals surface area contributed by atoms with Gasteiger partial charge in [0.25, 0.3) is 0 Å². The molecule has 0 aromatic rings. The van der Waals surface area contributed by atoms with E-state index in [4.69, 9.17) is 0 Å². The Morgan fingerprint density at radius 3 is 2.57 bits per heavy atom. The normalized spacial score (nSPS) is 27.6. The van der Waals surface area contributed by atoms with E-state index in [1.807, 2.05) is 6.92 Å². The molecule has 1 unspecified atom stereocenters. The minimum absolute atomic E-state index is 0.186. The molecule has 1 rings (SSSR count). The van der Waals surface area contributed by atoms with Gasteiger partial charge in [-0.1, -0.05) is 20.8 Å². The van der Waals surface area contributed by atoms with Gasteiger partial charge in [0, 0.05) is 13.1 Å². The Labute approximate surface area is 88.3 Å². The molecule has 0 saturated carbocycles. The van der Waals surface area contributed by atoms with E-state index in [-0.39, 0.29) is 6.10 Å². The number of nitrogens with zero attached hydrogens (tertiary/aromatic N) is 1. The fraction of sp³-hybridized carbons (Fsp3) is 1.00. The monoisotopic (exact) mass is 199 g/mol. The van der Waals surface area contributed by atoms with Crippen molar-refractivity contribution in [2.45, 2.75) is 46.6 Å². The Morgan fingerprint density at radius 1 is 1.43 bits per heavy atom. The second-order valence-electron chi connectivity index (χ2n) is 5.81. The second-order valence-corrected chi connectivity index (χ2v) is 5.81. The van der Waals surface area contributed by atoms with Crippen LogP contribution in [0, 0.1) is 11.3 Å². The molecule has 2 atom stereocenters. The van der Waals surface area contributed by atoms with E-state index in [1.165, 1.54) is 12.8 Å². The molecule has 84 valence electrons. The lowest BCUT2D eigenvalue weighted by Gasteiger charge is -2.40. The lowest BCUT2D eigenvalue weighted by Crippen LogP contribution is -2.43. The fourth-order valence-corrected chi connectivity index (χ4v) is 2.30. The average Bonchev–Trinajstić information content (AvgIpc) is 2.01. The van der Waals surface area contributed by atoms with Gasteiger partial charge in [-0.15, -0.1) is 0 Å². The SMILES string of the molecule is CC(O)CN1CCC[C@@H](C(C)(C)C)C1. The Bertz CT molecular complexity index is 172. The maximum Gasteiger partial charge on any atom is 0.0639 e. The maximum atomic E-state index is 9.35. The van der Waals surface area contributed by atoms with Crippen LogP contribution < -0.4 is 0 Å². The van der Waals surface area contributed by atoms with Crippen molar-refractivity contribution in [1.29, 1.82) is 0 Å². The summed E-state index contributed by atoms with van der Waals surface area (Å²) in [7, 11) is 0. The van der Waals surface area contributed by atoms with Crippen molar-refractivity contribution < 1.29 is 5.11 Å². The van der Waals surface area contributed by atoms with Gasteiger partial charge in [0.05, 0.1) is 6.10 Å². The summed E-state index contributed by atoms with van der Waals surface area (Å²) >= 11 is 0. The third kappa shape index (κ3) is 3.58. The Hall–Kier alpha value is -0.0800. The zero-order valence-electron chi connectivity index (χ0n) is 10.1. The number of rotatable bonds is 2. The van der Waals surface area contributed by atoms with Crippen molar-refractivity contribution in [2.75, 3.05) is 19.6 Å². The van der Waals surface area contributed by atoms with Crippen molar-refractivity contribution in [3.8, 4) is 0 Å². The molecule has 14 heavy (non-hydrogen) atoms. The summed E-state index contributed by atoms with van der Waals surface area (Å²) in [5, 5.41) is 9.35. The first-order valence-electron chi connectivity index (χ1n) is 5.80. The van der Waals surface area contributed by atoms with Crippen molar-refractivity contribution in [3.05, 3.63) is 0 Å². The van der Waals surface area contributed by atoms with E-state index in [0.29, 0.717) is 5.41 Å². The van der Waals surface area contributed by atoms with E-state index in [0.717, 1.165) is 25.6 Å². The van der Waals surface area contributed by atoms with Crippen molar-refractivity contribution >= 4 is 0 Å². The van der Waals surface area contributed by atoms with E-state index in [9.17, 15) is 5.11 Å². The van der Waals surface area contributed by atoms with E-state index in [1.54, 1.807) is 0 Å². The van der Waals surface area contributed by atoms with Gasteiger partial charge in [-0.2, -0.15) is 0 Å². The average molecular weight is 199 g/mol. The van der Waals surface area contributed by atoms with Gasteiger partial charge in [-0.05, 0) is 37.6 Å². The van der Waals surface area contributed by atoms with E-state index < -0.39 is 0 Å². The van der Waals surface area contributed by atoms with Crippen LogP contribution in [0.5, 0.6) is 0 Å². The molecule has 1 saturated heterocycles. The minimum atomic E-state index is -0.186. The van der Waals surface area contributed by atoms with Gasteiger partial charge in [0.2, 0.25) is 0 Å². The highest BCUT2D eigenvalue weighted by Crippen LogP contribution is 2.33. The molecule has 0 aromatic heterocycles. The molecule has 1 heterocycles. The van der Waals surface area contributed by atoms with Crippen molar-refractivity contribution in [3.63, 3.8) is 0 Å². The highest BCUT2D eigenvalue weighted by atomic mass is 16.3. The van der Waals surface area contributed by atoms with Gasteiger partial charge >= 0.3 is 0 Å². The lowest BCUT2D eigenvalue weighted by atomic mass is 9.76. The zero-order chi connectivity index (χ0) is 10.8.